The highest BCUT2D eigenvalue weighted by atomic mass is 19.2. The second-order valence-corrected chi connectivity index (χ2v) is 7.57. The molecule has 2 saturated carbocycles. The number of hydrogen-bond donors (Lipinski definition) is 0. The van der Waals surface area contributed by atoms with Crippen LogP contribution in [-0.4, -0.2) is 6.17 Å². The first-order valence-electron chi connectivity index (χ1n) is 9.18. The van der Waals surface area contributed by atoms with Crippen molar-refractivity contribution in [2.24, 2.45) is 23.7 Å². The van der Waals surface area contributed by atoms with E-state index in [-0.39, 0.29) is 0 Å². The number of hydrogen-bond acceptors (Lipinski definition) is 0. The molecule has 2 heteroatoms. The summed E-state index contributed by atoms with van der Waals surface area (Å²) in [6.45, 7) is 5.58. The molecular weight excluding hydrogens is 278 g/mol. The van der Waals surface area contributed by atoms with E-state index in [0.29, 0.717) is 5.92 Å². The van der Waals surface area contributed by atoms with E-state index in [1.165, 1.54) is 51.5 Å². The smallest absolute Gasteiger partial charge is 0.149 e. The van der Waals surface area contributed by atoms with Gasteiger partial charge >= 0.3 is 0 Å². The van der Waals surface area contributed by atoms with Crippen LogP contribution in [0.25, 0.3) is 0 Å². The molecule has 0 spiro atoms. The molecule has 2 rings (SSSR count). The first-order chi connectivity index (χ1) is 10.5. The quantitative estimate of drug-likeness (QED) is 0.502. The summed E-state index contributed by atoms with van der Waals surface area (Å²) in [5.74, 6) is 2.50. The average Bonchev–Trinajstić information content (AvgIpc) is 2.53. The molecule has 0 aromatic heterocycles. The maximum absolute atomic E-state index is 13.6. The van der Waals surface area contributed by atoms with Crippen molar-refractivity contribution in [1.82, 2.24) is 0 Å². The van der Waals surface area contributed by atoms with Crippen molar-refractivity contribution in [3.63, 3.8) is 0 Å². The summed E-state index contributed by atoms with van der Waals surface area (Å²) >= 11 is 0. The maximum Gasteiger partial charge on any atom is 0.149 e. The molecular formula is C20H32F2. The van der Waals surface area contributed by atoms with Gasteiger partial charge in [-0.2, -0.15) is 0 Å². The van der Waals surface area contributed by atoms with Crippen molar-refractivity contribution in [1.29, 1.82) is 0 Å². The van der Waals surface area contributed by atoms with Crippen molar-refractivity contribution in [2.45, 2.75) is 78.3 Å². The van der Waals surface area contributed by atoms with Crippen molar-refractivity contribution >= 4 is 0 Å². The highest BCUT2D eigenvalue weighted by Gasteiger charge is 2.30. The molecule has 2 aliphatic rings. The van der Waals surface area contributed by atoms with Gasteiger partial charge in [-0.3, -0.25) is 0 Å². The Kier molecular flexibility index (Phi) is 6.65. The van der Waals surface area contributed by atoms with Crippen molar-refractivity contribution in [3.05, 3.63) is 23.6 Å². The van der Waals surface area contributed by atoms with Gasteiger partial charge in [0.05, 0.1) is 0 Å². The highest BCUT2D eigenvalue weighted by Crippen LogP contribution is 2.43. The molecule has 1 unspecified atom stereocenters. The van der Waals surface area contributed by atoms with Gasteiger partial charge in [0, 0.05) is 0 Å². The van der Waals surface area contributed by atoms with E-state index in [1.54, 1.807) is 0 Å². The normalized spacial score (nSPS) is 36.2. The molecule has 0 N–H and O–H groups in total. The van der Waals surface area contributed by atoms with Gasteiger partial charge in [-0.25, -0.2) is 8.78 Å². The molecule has 0 aliphatic heterocycles. The Morgan fingerprint density at radius 3 is 1.91 bits per heavy atom. The molecule has 0 heterocycles. The first kappa shape index (κ1) is 17.7. The zero-order valence-corrected chi connectivity index (χ0v) is 14.5. The third kappa shape index (κ3) is 4.67. The van der Waals surface area contributed by atoms with Gasteiger partial charge in [0.15, 0.2) is 0 Å². The summed E-state index contributed by atoms with van der Waals surface area (Å²) in [5.41, 5.74) is 0.998. The minimum absolute atomic E-state index is 0.424. The lowest BCUT2D eigenvalue weighted by atomic mass is 9.68. The van der Waals surface area contributed by atoms with E-state index in [9.17, 15) is 8.78 Å². The van der Waals surface area contributed by atoms with Crippen LogP contribution in [0.5, 0.6) is 0 Å². The number of allylic oxidation sites excluding steroid dienone is 4. The lowest BCUT2D eigenvalue weighted by Crippen LogP contribution is -2.25. The monoisotopic (exact) mass is 310 g/mol. The molecule has 0 saturated heterocycles. The maximum atomic E-state index is 13.6. The third-order valence-corrected chi connectivity index (χ3v) is 5.99. The molecule has 0 bridgehead atoms. The predicted octanol–water partition coefficient (Wildman–Crippen LogP) is 6.78. The fourth-order valence-electron chi connectivity index (χ4n) is 4.39. The van der Waals surface area contributed by atoms with Crippen molar-refractivity contribution < 1.29 is 8.78 Å². The Labute approximate surface area is 135 Å². The lowest BCUT2D eigenvalue weighted by molar-refractivity contribution is 0.159. The van der Waals surface area contributed by atoms with E-state index in [1.807, 2.05) is 13.0 Å². The fraction of sp³-hybridized carbons (Fsp3) is 0.800. The van der Waals surface area contributed by atoms with Crippen LogP contribution >= 0.6 is 0 Å². The molecule has 0 aromatic rings. The third-order valence-electron chi connectivity index (χ3n) is 5.99. The standard InChI is InChI=1S/C20H32F2/c1-4-16(13-20(22)15(3)21)17-9-11-19(12-10-17)18-7-5-14(2)6-8-18/h4,13-15,17-19H,5-12H2,1-3H3/b16-4+,20-13+. The Morgan fingerprint density at radius 2 is 1.45 bits per heavy atom. The van der Waals surface area contributed by atoms with Crippen LogP contribution in [0, 0.1) is 23.7 Å². The van der Waals surface area contributed by atoms with Crippen LogP contribution in [0.4, 0.5) is 8.78 Å². The molecule has 0 amide bonds. The number of halogens is 2. The van der Waals surface area contributed by atoms with Gasteiger partial charge in [0.1, 0.15) is 12.0 Å². The summed E-state index contributed by atoms with van der Waals surface area (Å²) in [6, 6.07) is 0. The second kappa shape index (κ2) is 8.26. The molecule has 1 atom stereocenters. The van der Waals surface area contributed by atoms with E-state index in [2.05, 4.69) is 6.92 Å². The molecule has 22 heavy (non-hydrogen) atoms. The van der Waals surface area contributed by atoms with Crippen molar-refractivity contribution in [2.75, 3.05) is 0 Å². The van der Waals surface area contributed by atoms with Crippen LogP contribution in [0.1, 0.15) is 72.1 Å². The van der Waals surface area contributed by atoms with Gasteiger partial charge in [-0.05, 0) is 87.7 Å². The van der Waals surface area contributed by atoms with Crippen LogP contribution < -0.4 is 0 Å². The molecule has 0 aromatic carbocycles. The van der Waals surface area contributed by atoms with E-state index >= 15 is 0 Å². The van der Waals surface area contributed by atoms with Crippen LogP contribution in [-0.2, 0) is 0 Å². The SMILES string of the molecule is C/C=C(\C=C(\F)C(C)F)C1CCC(C2CCC(C)CC2)CC1. The van der Waals surface area contributed by atoms with Crippen LogP contribution in [0.15, 0.2) is 23.6 Å². The van der Waals surface area contributed by atoms with E-state index in [4.69, 9.17) is 0 Å². The summed E-state index contributed by atoms with van der Waals surface area (Å²) in [5, 5.41) is 0. The highest BCUT2D eigenvalue weighted by molar-refractivity contribution is 5.25. The molecule has 0 radical (unpaired) electrons. The van der Waals surface area contributed by atoms with Gasteiger partial charge in [-0.1, -0.05) is 25.8 Å². The van der Waals surface area contributed by atoms with Gasteiger partial charge in [0.2, 0.25) is 0 Å². The zero-order valence-electron chi connectivity index (χ0n) is 14.5. The van der Waals surface area contributed by atoms with Crippen molar-refractivity contribution in [3.8, 4) is 0 Å². The van der Waals surface area contributed by atoms with Gasteiger partial charge < -0.3 is 0 Å². The largest absolute Gasteiger partial charge is 0.240 e. The van der Waals surface area contributed by atoms with E-state index in [0.717, 1.165) is 36.2 Å². The lowest BCUT2D eigenvalue weighted by Gasteiger charge is -2.37. The summed E-state index contributed by atoms with van der Waals surface area (Å²) < 4.78 is 26.6. The fourth-order valence-corrected chi connectivity index (χ4v) is 4.39. The van der Waals surface area contributed by atoms with Crippen LogP contribution in [0.3, 0.4) is 0 Å². The number of alkyl halides is 1. The molecule has 2 aliphatic carbocycles. The number of rotatable bonds is 4. The zero-order chi connectivity index (χ0) is 16.1. The second-order valence-electron chi connectivity index (χ2n) is 7.57. The predicted molar refractivity (Wildman–Crippen MR) is 90.1 cm³/mol. The van der Waals surface area contributed by atoms with Gasteiger partial charge in [-0.15, -0.1) is 0 Å². The summed E-state index contributed by atoms with van der Waals surface area (Å²) in [4.78, 5) is 0. The average molecular weight is 310 g/mol. The Morgan fingerprint density at radius 1 is 0.955 bits per heavy atom. The topological polar surface area (TPSA) is 0 Å². The summed E-state index contributed by atoms with van der Waals surface area (Å²) in [7, 11) is 0. The first-order valence-corrected chi connectivity index (χ1v) is 9.18. The molecule has 126 valence electrons. The van der Waals surface area contributed by atoms with Gasteiger partial charge in [0.25, 0.3) is 0 Å². The molecule has 2 fully saturated rings. The summed E-state index contributed by atoms with van der Waals surface area (Å²) in [6.07, 6.45) is 12.3. The minimum atomic E-state index is -1.49. The Hall–Kier alpha value is -0.660. The Balaban J connectivity index is 1.87. The Bertz CT molecular complexity index is 392. The molecule has 0 nitrogen and oxygen atoms in total. The van der Waals surface area contributed by atoms with Crippen LogP contribution in [0.2, 0.25) is 0 Å². The minimum Gasteiger partial charge on any atom is -0.240 e. The van der Waals surface area contributed by atoms with E-state index < -0.39 is 12.0 Å².